The zero-order chi connectivity index (χ0) is 33.9. The van der Waals surface area contributed by atoms with Gasteiger partial charge in [0, 0.05) is 35.3 Å². The van der Waals surface area contributed by atoms with E-state index in [0.717, 1.165) is 80.9 Å². The van der Waals surface area contributed by atoms with E-state index in [1.807, 2.05) is 37.3 Å². The van der Waals surface area contributed by atoms with Crippen molar-refractivity contribution in [2.75, 3.05) is 24.6 Å². The number of aliphatic hydroxyl groups is 1. The standard InChI is InChI=1S/C39H50ClN3O4S/c1-27-10-8-20-39(45,19-6-4-5-7-21-41-3)34-15-12-31(34)24-43-25-38(18-9-11-29-22-32(40)14-16-33(29)38)26-47-36-17-13-30(23-35(36)43)37(44)42-48(46)28(27)2/h4-5,7,13-14,16-17,21-23,27-28,31,34,45H,3,6,8-12,15,18-20,24-26H2,1-2H3,(H,42,44)/b5-4-,21-7-/t27?,28?,31?,34?,38-,39+,48?/m0/s1. The van der Waals surface area contributed by atoms with Crippen LogP contribution in [0.25, 0.3) is 0 Å². The maximum absolute atomic E-state index is 13.5. The fraction of sp³-hybridized carbons (Fsp3) is 0.538. The summed E-state index contributed by atoms with van der Waals surface area (Å²) < 4.78 is 22.8. The van der Waals surface area contributed by atoms with Crippen molar-refractivity contribution in [2.24, 2.45) is 22.7 Å². The first-order chi connectivity index (χ1) is 23.1. The van der Waals surface area contributed by atoms with E-state index < -0.39 is 16.6 Å². The lowest BCUT2D eigenvalue weighted by Gasteiger charge is -2.50. The number of nitrogens with zero attached hydrogens (tertiary/aromatic N) is 2. The number of anilines is 1. The van der Waals surface area contributed by atoms with Gasteiger partial charge < -0.3 is 14.7 Å². The van der Waals surface area contributed by atoms with E-state index in [1.165, 1.54) is 11.1 Å². The molecule has 7 atom stereocenters. The second-order valence-electron chi connectivity index (χ2n) is 14.6. The number of carbonyl (C=O) groups is 1. The number of ether oxygens (including phenoxy) is 1. The molecule has 1 spiro atoms. The Morgan fingerprint density at radius 3 is 2.79 bits per heavy atom. The van der Waals surface area contributed by atoms with Crippen molar-refractivity contribution in [3.05, 3.63) is 82.5 Å². The lowest BCUT2D eigenvalue weighted by atomic mass is 9.61. The van der Waals surface area contributed by atoms with Gasteiger partial charge in [-0.3, -0.25) is 14.5 Å². The molecule has 2 aromatic carbocycles. The summed E-state index contributed by atoms with van der Waals surface area (Å²) in [6, 6.07) is 11.9. The van der Waals surface area contributed by atoms with Gasteiger partial charge in [0.15, 0.2) is 0 Å². The highest BCUT2D eigenvalue weighted by molar-refractivity contribution is 7.84. The highest BCUT2D eigenvalue weighted by Crippen LogP contribution is 2.50. The first kappa shape index (κ1) is 34.9. The number of hydrogen-bond acceptors (Lipinski definition) is 6. The average Bonchev–Trinajstić information content (AvgIpc) is 3.20. The highest BCUT2D eigenvalue weighted by atomic mass is 35.5. The van der Waals surface area contributed by atoms with Gasteiger partial charge in [-0.15, -0.1) is 0 Å². The average molecular weight is 692 g/mol. The molecule has 7 nitrogen and oxygen atoms in total. The van der Waals surface area contributed by atoms with Crippen molar-refractivity contribution >= 4 is 40.9 Å². The molecule has 5 unspecified atom stereocenters. The molecule has 258 valence electrons. The van der Waals surface area contributed by atoms with Crippen LogP contribution >= 0.6 is 11.6 Å². The van der Waals surface area contributed by atoms with Crippen LogP contribution in [-0.2, 0) is 22.8 Å². The molecule has 1 fully saturated rings. The number of fused-ring (bicyclic) bond motifs is 4. The number of rotatable bonds is 5. The van der Waals surface area contributed by atoms with Crippen LogP contribution in [0.5, 0.6) is 5.75 Å². The molecule has 9 heteroatoms. The minimum atomic E-state index is -1.54. The summed E-state index contributed by atoms with van der Waals surface area (Å²) >= 11 is 6.46. The minimum Gasteiger partial charge on any atom is -0.490 e. The van der Waals surface area contributed by atoms with Gasteiger partial charge in [-0.1, -0.05) is 43.2 Å². The van der Waals surface area contributed by atoms with E-state index in [0.29, 0.717) is 30.9 Å². The largest absolute Gasteiger partial charge is 0.490 e. The fourth-order valence-corrected chi connectivity index (χ4v) is 9.81. The van der Waals surface area contributed by atoms with E-state index in [1.54, 1.807) is 12.3 Å². The van der Waals surface area contributed by atoms with Crippen molar-refractivity contribution in [2.45, 2.75) is 94.3 Å². The molecular formula is C39H50ClN3O4S. The number of aryl methyl sites for hydroxylation is 1. The van der Waals surface area contributed by atoms with Crippen LogP contribution in [0.15, 0.2) is 65.8 Å². The Balaban J connectivity index is 1.37. The second kappa shape index (κ2) is 14.9. The molecule has 0 aromatic heterocycles. The number of amides is 1. The van der Waals surface area contributed by atoms with Crippen molar-refractivity contribution in [3.8, 4) is 5.75 Å². The molecule has 2 bridgehead atoms. The van der Waals surface area contributed by atoms with Crippen LogP contribution in [0.2, 0.25) is 5.02 Å². The monoisotopic (exact) mass is 691 g/mol. The molecule has 0 saturated heterocycles. The SMILES string of the molecule is C=N/C=C\C=C/CC[C@@]1(O)CCCC(C)C(C)S(=O)NC(=O)c2ccc3c(c2)N(CC2CCC21)C[C@@]1(CCCc2cc(Cl)ccc21)CO3. The Kier molecular flexibility index (Phi) is 10.8. The van der Waals surface area contributed by atoms with Crippen LogP contribution < -0.4 is 14.4 Å². The number of halogens is 1. The van der Waals surface area contributed by atoms with Crippen LogP contribution in [0.4, 0.5) is 5.69 Å². The fourth-order valence-electron chi connectivity index (χ4n) is 8.57. The molecule has 2 aliphatic heterocycles. The predicted molar refractivity (Wildman–Crippen MR) is 197 cm³/mol. The van der Waals surface area contributed by atoms with Gasteiger partial charge in [0.25, 0.3) is 5.91 Å². The first-order valence-corrected chi connectivity index (χ1v) is 19.2. The first-order valence-electron chi connectivity index (χ1n) is 17.6. The number of allylic oxidation sites excluding steroid dienone is 3. The van der Waals surface area contributed by atoms with E-state index in [2.05, 4.69) is 46.5 Å². The number of nitrogens with one attached hydrogen (secondary N) is 1. The predicted octanol–water partition coefficient (Wildman–Crippen LogP) is 7.72. The maximum Gasteiger partial charge on any atom is 0.263 e. The molecule has 48 heavy (non-hydrogen) atoms. The number of hydrogen-bond donors (Lipinski definition) is 2. The summed E-state index contributed by atoms with van der Waals surface area (Å²) in [5.74, 6) is 1.01. The van der Waals surface area contributed by atoms with E-state index in [9.17, 15) is 14.1 Å². The Hall–Kier alpha value is -2.94. The smallest absolute Gasteiger partial charge is 0.263 e. The van der Waals surface area contributed by atoms with E-state index in [4.69, 9.17) is 16.3 Å². The molecular weight excluding hydrogens is 642 g/mol. The third kappa shape index (κ3) is 7.31. The highest BCUT2D eigenvalue weighted by Gasteiger charge is 2.48. The van der Waals surface area contributed by atoms with Gasteiger partial charge in [0.1, 0.15) is 16.7 Å². The molecule has 2 heterocycles. The summed E-state index contributed by atoms with van der Waals surface area (Å²) in [6.07, 6.45) is 16.5. The second-order valence-corrected chi connectivity index (χ2v) is 16.6. The molecule has 6 rings (SSSR count). The Bertz CT molecular complexity index is 1590. The lowest BCUT2D eigenvalue weighted by Crippen LogP contribution is -2.53. The topological polar surface area (TPSA) is 91.2 Å². The van der Waals surface area contributed by atoms with Crippen LogP contribution in [0.3, 0.4) is 0 Å². The van der Waals surface area contributed by atoms with Crippen LogP contribution in [0, 0.1) is 17.8 Å². The minimum absolute atomic E-state index is 0.122. The summed E-state index contributed by atoms with van der Waals surface area (Å²) in [4.78, 5) is 19.7. The van der Waals surface area contributed by atoms with Gasteiger partial charge >= 0.3 is 0 Å². The zero-order valence-electron chi connectivity index (χ0n) is 28.3. The molecule has 2 aliphatic carbocycles. The summed E-state index contributed by atoms with van der Waals surface area (Å²) in [5, 5.41) is 13.0. The number of benzene rings is 2. The van der Waals surface area contributed by atoms with Crippen molar-refractivity contribution in [1.82, 2.24) is 4.72 Å². The molecule has 2 aromatic rings. The molecule has 2 N–H and O–H groups in total. The van der Waals surface area contributed by atoms with Crippen molar-refractivity contribution in [3.63, 3.8) is 0 Å². The Morgan fingerprint density at radius 2 is 2.00 bits per heavy atom. The van der Waals surface area contributed by atoms with Crippen LogP contribution in [-0.4, -0.2) is 52.5 Å². The normalized spacial score (nSPS) is 32.5. The van der Waals surface area contributed by atoms with Crippen molar-refractivity contribution in [1.29, 1.82) is 0 Å². The molecule has 1 saturated carbocycles. The van der Waals surface area contributed by atoms with Gasteiger partial charge in [0.2, 0.25) is 0 Å². The van der Waals surface area contributed by atoms with Gasteiger partial charge in [0.05, 0.1) is 23.1 Å². The van der Waals surface area contributed by atoms with E-state index in [-0.39, 0.29) is 28.4 Å². The third-order valence-electron chi connectivity index (χ3n) is 11.6. The molecule has 4 aliphatic rings. The van der Waals surface area contributed by atoms with Gasteiger partial charge in [-0.05, 0) is 137 Å². The summed E-state index contributed by atoms with van der Waals surface area (Å²) in [5.41, 5.74) is 2.90. The van der Waals surface area contributed by atoms with Gasteiger partial charge in [-0.25, -0.2) is 4.21 Å². The quantitative estimate of drug-likeness (QED) is 0.248. The zero-order valence-corrected chi connectivity index (χ0v) is 29.9. The Morgan fingerprint density at radius 1 is 1.15 bits per heavy atom. The number of carbonyl (C=O) groups excluding carboxylic acids is 1. The third-order valence-corrected chi connectivity index (χ3v) is 13.4. The maximum atomic E-state index is 13.5. The van der Waals surface area contributed by atoms with E-state index >= 15 is 0 Å². The Labute approximate surface area is 293 Å². The van der Waals surface area contributed by atoms with Gasteiger partial charge in [-0.2, -0.15) is 0 Å². The summed E-state index contributed by atoms with van der Waals surface area (Å²) in [6.45, 7) is 9.58. The molecule has 1 amide bonds. The summed E-state index contributed by atoms with van der Waals surface area (Å²) in [7, 11) is -1.54. The molecule has 0 radical (unpaired) electrons. The van der Waals surface area contributed by atoms with Crippen molar-refractivity contribution < 1.29 is 18.8 Å². The lowest BCUT2D eigenvalue weighted by molar-refractivity contribution is -0.0933. The number of aliphatic imine (C=N–C) groups is 1. The van der Waals surface area contributed by atoms with Crippen LogP contribution in [0.1, 0.15) is 93.1 Å².